The number of hydrogen-bond acceptors (Lipinski definition) is 6. The van der Waals surface area contributed by atoms with Gasteiger partial charge in [0, 0.05) is 35.8 Å². The number of nitrogens with zero attached hydrogens (tertiary/aromatic N) is 5. The van der Waals surface area contributed by atoms with Crippen LogP contribution in [0, 0.1) is 5.82 Å². The van der Waals surface area contributed by atoms with Crippen molar-refractivity contribution in [3.8, 4) is 0 Å². The van der Waals surface area contributed by atoms with Crippen molar-refractivity contribution in [3.63, 3.8) is 0 Å². The Morgan fingerprint density at radius 1 is 1.22 bits per heavy atom. The summed E-state index contributed by atoms with van der Waals surface area (Å²) in [6.45, 7) is 1.94. The number of hydrogen-bond donors (Lipinski definition) is 0. The van der Waals surface area contributed by atoms with Gasteiger partial charge in [-0.05, 0) is 40.9 Å². The highest BCUT2D eigenvalue weighted by molar-refractivity contribution is 9.10. The quantitative estimate of drug-likeness (QED) is 0.599. The Morgan fingerprint density at radius 2 is 1.96 bits per heavy atom. The number of benzene rings is 1. The second-order valence-corrected chi connectivity index (χ2v) is 7.44. The first kappa shape index (κ1) is 18.1. The molecular formula is C17H15BrF3N5O. The summed E-state index contributed by atoms with van der Waals surface area (Å²) >= 11 is 3.33. The minimum atomic E-state index is -3.15. The standard InChI is InChI=1S/C17H15BrF3N5O/c1-17(20,21)16-24-14(25-27-16)9-2-4-26(5-3-9)15-11-6-10(19)7-12(18)13(11)22-8-23-15/h6-9H,2-5H2,1H3. The first-order valence-electron chi connectivity index (χ1n) is 8.39. The van der Waals surface area contributed by atoms with Crippen LogP contribution in [0.4, 0.5) is 19.0 Å². The molecule has 3 heterocycles. The van der Waals surface area contributed by atoms with Crippen LogP contribution in [-0.2, 0) is 5.92 Å². The molecule has 0 atom stereocenters. The molecule has 1 saturated heterocycles. The minimum absolute atomic E-state index is 0.0716. The number of rotatable bonds is 3. The van der Waals surface area contributed by atoms with E-state index in [0.717, 1.165) is 6.92 Å². The Morgan fingerprint density at radius 3 is 2.63 bits per heavy atom. The predicted molar refractivity (Wildman–Crippen MR) is 95.3 cm³/mol. The van der Waals surface area contributed by atoms with Crippen LogP contribution in [0.3, 0.4) is 0 Å². The summed E-state index contributed by atoms with van der Waals surface area (Å²) < 4.78 is 45.6. The molecule has 0 spiro atoms. The van der Waals surface area contributed by atoms with E-state index in [2.05, 4.69) is 40.6 Å². The van der Waals surface area contributed by atoms with Gasteiger partial charge in [0.15, 0.2) is 5.82 Å². The van der Waals surface area contributed by atoms with E-state index in [1.165, 1.54) is 18.5 Å². The maximum absolute atomic E-state index is 13.8. The normalized spacial score (nSPS) is 16.3. The van der Waals surface area contributed by atoms with Gasteiger partial charge in [0.05, 0.1) is 5.52 Å². The number of piperidine rings is 1. The fourth-order valence-corrected chi connectivity index (χ4v) is 3.79. The van der Waals surface area contributed by atoms with Crippen LogP contribution >= 0.6 is 15.9 Å². The van der Waals surface area contributed by atoms with E-state index in [1.807, 2.05) is 4.90 Å². The molecule has 1 aromatic carbocycles. The summed E-state index contributed by atoms with van der Waals surface area (Å²) in [6, 6.07) is 2.78. The summed E-state index contributed by atoms with van der Waals surface area (Å²) in [7, 11) is 0. The molecule has 0 radical (unpaired) electrons. The summed E-state index contributed by atoms with van der Waals surface area (Å²) in [5.41, 5.74) is 0.636. The van der Waals surface area contributed by atoms with Gasteiger partial charge >= 0.3 is 5.92 Å². The Balaban J connectivity index is 1.55. The molecule has 1 aliphatic heterocycles. The monoisotopic (exact) mass is 441 g/mol. The van der Waals surface area contributed by atoms with E-state index in [1.54, 1.807) is 0 Å². The van der Waals surface area contributed by atoms with Gasteiger partial charge in [0.2, 0.25) is 0 Å². The third-order valence-corrected chi connectivity index (χ3v) is 5.22. The highest BCUT2D eigenvalue weighted by Gasteiger charge is 2.34. The third kappa shape index (κ3) is 3.50. The summed E-state index contributed by atoms with van der Waals surface area (Å²) in [5, 5.41) is 4.33. The van der Waals surface area contributed by atoms with Crippen molar-refractivity contribution < 1.29 is 17.7 Å². The van der Waals surface area contributed by atoms with Crippen LogP contribution in [0.2, 0.25) is 0 Å². The van der Waals surface area contributed by atoms with Crippen LogP contribution < -0.4 is 4.90 Å². The zero-order valence-electron chi connectivity index (χ0n) is 14.3. The maximum atomic E-state index is 13.8. The molecule has 142 valence electrons. The average molecular weight is 442 g/mol. The molecule has 4 rings (SSSR count). The lowest BCUT2D eigenvalue weighted by molar-refractivity contribution is -0.0158. The number of alkyl halides is 2. The fourth-order valence-electron chi connectivity index (χ4n) is 3.26. The highest BCUT2D eigenvalue weighted by atomic mass is 79.9. The second-order valence-electron chi connectivity index (χ2n) is 6.59. The Labute approximate surface area is 160 Å². The first-order valence-corrected chi connectivity index (χ1v) is 9.19. The van der Waals surface area contributed by atoms with Crippen molar-refractivity contribution in [3.05, 3.63) is 40.5 Å². The van der Waals surface area contributed by atoms with Crippen LogP contribution in [-0.4, -0.2) is 33.2 Å². The Kier molecular flexibility index (Phi) is 4.53. The zero-order valence-corrected chi connectivity index (χ0v) is 15.9. The third-order valence-electron chi connectivity index (χ3n) is 4.61. The number of fused-ring (bicyclic) bond motifs is 1. The lowest BCUT2D eigenvalue weighted by atomic mass is 9.96. The number of aromatic nitrogens is 4. The molecule has 3 aromatic rings. The van der Waals surface area contributed by atoms with Gasteiger partial charge in [-0.2, -0.15) is 13.8 Å². The van der Waals surface area contributed by atoms with Gasteiger partial charge in [0.1, 0.15) is 18.0 Å². The van der Waals surface area contributed by atoms with Gasteiger partial charge in [-0.1, -0.05) is 5.16 Å². The average Bonchev–Trinajstić information content (AvgIpc) is 3.12. The lowest BCUT2D eigenvalue weighted by Gasteiger charge is -2.32. The molecule has 1 aliphatic rings. The van der Waals surface area contributed by atoms with Crippen molar-refractivity contribution in [2.24, 2.45) is 0 Å². The Hall–Kier alpha value is -2.23. The van der Waals surface area contributed by atoms with Crippen LogP contribution in [0.1, 0.15) is 37.4 Å². The summed E-state index contributed by atoms with van der Waals surface area (Å²) in [4.78, 5) is 14.4. The SMILES string of the molecule is CC(F)(F)c1nc(C2CCN(c3ncnc4c(Br)cc(F)cc34)CC2)no1. The van der Waals surface area contributed by atoms with Gasteiger partial charge in [-0.3, -0.25) is 0 Å². The second kappa shape index (κ2) is 6.74. The van der Waals surface area contributed by atoms with Crippen molar-refractivity contribution in [2.45, 2.75) is 31.6 Å². The molecular weight excluding hydrogens is 427 g/mol. The Bertz CT molecular complexity index is 982. The van der Waals surface area contributed by atoms with E-state index in [-0.39, 0.29) is 11.7 Å². The van der Waals surface area contributed by atoms with Gasteiger partial charge in [0.25, 0.3) is 5.89 Å². The molecule has 27 heavy (non-hydrogen) atoms. The smallest absolute Gasteiger partial charge is 0.322 e. The molecule has 0 unspecified atom stereocenters. The van der Waals surface area contributed by atoms with Crippen molar-refractivity contribution in [2.75, 3.05) is 18.0 Å². The number of halogens is 4. The van der Waals surface area contributed by atoms with Crippen molar-refractivity contribution in [1.29, 1.82) is 0 Å². The van der Waals surface area contributed by atoms with Crippen molar-refractivity contribution >= 4 is 32.7 Å². The summed E-state index contributed by atoms with van der Waals surface area (Å²) in [5.74, 6) is -3.32. The molecule has 0 amide bonds. The molecule has 2 aromatic heterocycles. The molecule has 0 bridgehead atoms. The van der Waals surface area contributed by atoms with Gasteiger partial charge < -0.3 is 9.42 Å². The molecule has 6 nitrogen and oxygen atoms in total. The predicted octanol–water partition coefficient (Wildman–Crippen LogP) is 4.41. The molecule has 0 saturated carbocycles. The van der Waals surface area contributed by atoms with Gasteiger partial charge in [-0.15, -0.1) is 0 Å². The van der Waals surface area contributed by atoms with Crippen LogP contribution in [0.15, 0.2) is 27.5 Å². The van der Waals surface area contributed by atoms with Crippen molar-refractivity contribution in [1.82, 2.24) is 20.1 Å². The molecule has 0 N–H and O–H groups in total. The van der Waals surface area contributed by atoms with Crippen LogP contribution in [0.25, 0.3) is 10.9 Å². The van der Waals surface area contributed by atoms with Gasteiger partial charge in [-0.25, -0.2) is 14.4 Å². The van der Waals surface area contributed by atoms with E-state index in [4.69, 9.17) is 0 Å². The molecule has 1 fully saturated rings. The molecule has 0 aliphatic carbocycles. The highest BCUT2D eigenvalue weighted by Crippen LogP contribution is 2.34. The van der Waals surface area contributed by atoms with E-state index in [0.29, 0.717) is 52.9 Å². The zero-order chi connectivity index (χ0) is 19.2. The largest absolute Gasteiger partial charge is 0.356 e. The van der Waals surface area contributed by atoms with E-state index >= 15 is 0 Å². The van der Waals surface area contributed by atoms with Crippen LogP contribution in [0.5, 0.6) is 0 Å². The topological polar surface area (TPSA) is 67.9 Å². The number of anilines is 1. The maximum Gasteiger partial charge on any atom is 0.322 e. The van der Waals surface area contributed by atoms with E-state index in [9.17, 15) is 13.2 Å². The fraction of sp³-hybridized carbons (Fsp3) is 0.412. The summed E-state index contributed by atoms with van der Waals surface area (Å²) in [6.07, 6.45) is 2.74. The first-order chi connectivity index (χ1) is 12.8. The molecule has 10 heteroatoms. The van der Waals surface area contributed by atoms with E-state index < -0.39 is 11.8 Å². The minimum Gasteiger partial charge on any atom is -0.356 e. The lowest BCUT2D eigenvalue weighted by Crippen LogP contribution is -2.34.